The van der Waals surface area contributed by atoms with Gasteiger partial charge in [0.05, 0.1) is 0 Å². The van der Waals surface area contributed by atoms with Crippen LogP contribution in [0.5, 0.6) is 5.75 Å². The Morgan fingerprint density at radius 1 is 1.14 bits per heavy atom. The third-order valence-corrected chi connectivity index (χ3v) is 3.66. The minimum atomic E-state index is -0.912. The summed E-state index contributed by atoms with van der Waals surface area (Å²) in [5, 5.41) is 10.1. The number of carboxylic acid groups (broad SMARTS) is 1. The molecule has 112 valence electrons. The minimum Gasteiger partial charge on any atom is -0.489 e. The Morgan fingerprint density at radius 3 is 2.59 bits per heavy atom. The monoisotopic (exact) mass is 295 g/mol. The topological polar surface area (TPSA) is 51.5 Å². The molecule has 0 spiro atoms. The van der Waals surface area contributed by atoms with Gasteiger partial charge in [-0.15, -0.1) is 0 Å². The van der Waals surface area contributed by atoms with Crippen molar-refractivity contribution < 1.29 is 14.6 Å². The molecule has 0 fully saturated rings. The molecule has 1 heterocycles. The molecule has 22 heavy (non-hydrogen) atoms. The van der Waals surface area contributed by atoms with E-state index >= 15 is 0 Å². The fraction of sp³-hybridized carbons (Fsp3) is 0.167. The SMILES string of the molecule is CCn1c(C(=O)O)cc2cc(OCc3ccccc3)ccc21. The van der Waals surface area contributed by atoms with E-state index in [1.165, 1.54) is 0 Å². The van der Waals surface area contributed by atoms with Crippen LogP contribution in [0, 0.1) is 0 Å². The van der Waals surface area contributed by atoms with E-state index in [0.717, 1.165) is 22.2 Å². The Morgan fingerprint density at radius 2 is 1.91 bits per heavy atom. The normalized spacial score (nSPS) is 10.8. The first-order chi connectivity index (χ1) is 10.7. The molecule has 1 N–H and O–H groups in total. The van der Waals surface area contributed by atoms with Crippen LogP contribution in [-0.4, -0.2) is 15.6 Å². The van der Waals surface area contributed by atoms with Crippen molar-refractivity contribution in [3.05, 3.63) is 65.9 Å². The van der Waals surface area contributed by atoms with Crippen molar-refractivity contribution in [3.8, 4) is 5.75 Å². The van der Waals surface area contributed by atoms with Crippen molar-refractivity contribution in [2.24, 2.45) is 0 Å². The molecule has 4 nitrogen and oxygen atoms in total. The van der Waals surface area contributed by atoms with Crippen molar-refractivity contribution in [3.63, 3.8) is 0 Å². The van der Waals surface area contributed by atoms with Crippen molar-refractivity contribution in [1.82, 2.24) is 4.57 Å². The van der Waals surface area contributed by atoms with E-state index in [-0.39, 0.29) is 0 Å². The maximum Gasteiger partial charge on any atom is 0.352 e. The molecule has 4 heteroatoms. The second-order valence-electron chi connectivity index (χ2n) is 5.07. The molecule has 0 aliphatic heterocycles. The van der Waals surface area contributed by atoms with Gasteiger partial charge < -0.3 is 14.4 Å². The number of hydrogen-bond acceptors (Lipinski definition) is 2. The number of nitrogens with zero attached hydrogens (tertiary/aromatic N) is 1. The molecular weight excluding hydrogens is 278 g/mol. The number of benzene rings is 2. The number of rotatable bonds is 5. The lowest BCUT2D eigenvalue weighted by atomic mass is 10.2. The van der Waals surface area contributed by atoms with Crippen LogP contribution in [0.2, 0.25) is 0 Å². The van der Waals surface area contributed by atoms with E-state index in [2.05, 4.69) is 0 Å². The zero-order chi connectivity index (χ0) is 15.5. The highest BCUT2D eigenvalue weighted by molar-refractivity contribution is 5.95. The Kier molecular flexibility index (Phi) is 3.83. The molecule has 3 aromatic rings. The molecule has 2 aromatic carbocycles. The summed E-state index contributed by atoms with van der Waals surface area (Å²) in [7, 11) is 0. The predicted octanol–water partition coefficient (Wildman–Crippen LogP) is 3.94. The summed E-state index contributed by atoms with van der Waals surface area (Å²) in [6, 6.07) is 17.3. The summed E-state index contributed by atoms with van der Waals surface area (Å²) in [6.45, 7) is 3.05. The van der Waals surface area contributed by atoms with Crippen molar-refractivity contribution >= 4 is 16.9 Å². The van der Waals surface area contributed by atoms with Gasteiger partial charge >= 0.3 is 5.97 Å². The van der Waals surface area contributed by atoms with Crippen LogP contribution >= 0.6 is 0 Å². The molecule has 0 radical (unpaired) electrons. The second-order valence-corrected chi connectivity index (χ2v) is 5.07. The highest BCUT2D eigenvalue weighted by Crippen LogP contribution is 2.25. The molecule has 0 saturated carbocycles. The summed E-state index contributed by atoms with van der Waals surface area (Å²) in [4.78, 5) is 11.3. The lowest BCUT2D eigenvalue weighted by molar-refractivity contribution is 0.0686. The quantitative estimate of drug-likeness (QED) is 0.775. The number of carboxylic acids is 1. The Bertz CT molecular complexity index is 806. The third kappa shape index (κ3) is 2.68. The molecule has 3 rings (SSSR count). The zero-order valence-electron chi connectivity index (χ0n) is 12.3. The van der Waals surface area contributed by atoms with Gasteiger partial charge in [-0.3, -0.25) is 0 Å². The summed E-state index contributed by atoms with van der Waals surface area (Å²) in [5.74, 6) is -0.175. The summed E-state index contributed by atoms with van der Waals surface area (Å²) in [6.07, 6.45) is 0. The van der Waals surface area contributed by atoms with Crippen molar-refractivity contribution in [1.29, 1.82) is 0 Å². The van der Waals surface area contributed by atoms with Gasteiger partial charge in [0.15, 0.2) is 0 Å². The van der Waals surface area contributed by atoms with E-state index in [1.807, 2.05) is 55.5 Å². The summed E-state index contributed by atoms with van der Waals surface area (Å²) in [5.41, 5.74) is 2.31. The fourth-order valence-corrected chi connectivity index (χ4v) is 2.60. The van der Waals surface area contributed by atoms with Crippen LogP contribution in [0.25, 0.3) is 10.9 Å². The molecule has 0 aliphatic carbocycles. The number of hydrogen-bond donors (Lipinski definition) is 1. The third-order valence-electron chi connectivity index (χ3n) is 3.66. The molecule has 1 aromatic heterocycles. The van der Waals surface area contributed by atoms with Gasteiger partial charge in [0.1, 0.15) is 18.1 Å². The smallest absolute Gasteiger partial charge is 0.352 e. The fourth-order valence-electron chi connectivity index (χ4n) is 2.60. The van der Waals surface area contributed by atoms with E-state index in [4.69, 9.17) is 4.74 Å². The van der Waals surface area contributed by atoms with Gasteiger partial charge in [0, 0.05) is 17.4 Å². The molecule has 0 bridgehead atoms. The maximum atomic E-state index is 11.3. The highest BCUT2D eigenvalue weighted by atomic mass is 16.5. The standard InChI is InChI=1S/C18H17NO3/c1-2-19-16-9-8-15(10-14(16)11-17(19)18(20)21)22-12-13-6-4-3-5-7-13/h3-11H,2,12H2,1H3,(H,20,21). The molecule has 0 amide bonds. The number of fused-ring (bicyclic) bond motifs is 1. The van der Waals surface area contributed by atoms with Crippen LogP contribution in [0.15, 0.2) is 54.6 Å². The van der Waals surface area contributed by atoms with Crippen molar-refractivity contribution in [2.45, 2.75) is 20.1 Å². The molecular formula is C18H17NO3. The Labute approximate surface area is 128 Å². The average Bonchev–Trinajstić information content (AvgIpc) is 2.92. The van der Waals surface area contributed by atoms with Crippen LogP contribution in [0.1, 0.15) is 23.0 Å². The largest absolute Gasteiger partial charge is 0.489 e. The molecule has 0 saturated heterocycles. The van der Waals surface area contributed by atoms with E-state index in [0.29, 0.717) is 18.8 Å². The van der Waals surface area contributed by atoms with Gasteiger partial charge in [0.25, 0.3) is 0 Å². The number of aryl methyl sites for hydroxylation is 1. The first-order valence-corrected chi connectivity index (χ1v) is 7.22. The second kappa shape index (κ2) is 5.93. The number of aromatic nitrogens is 1. The Hall–Kier alpha value is -2.75. The summed E-state index contributed by atoms with van der Waals surface area (Å²) >= 11 is 0. The lowest BCUT2D eigenvalue weighted by Crippen LogP contribution is -2.06. The van der Waals surface area contributed by atoms with E-state index < -0.39 is 5.97 Å². The van der Waals surface area contributed by atoms with Crippen LogP contribution in [0.4, 0.5) is 0 Å². The lowest BCUT2D eigenvalue weighted by Gasteiger charge is -2.07. The van der Waals surface area contributed by atoms with E-state index in [1.54, 1.807) is 10.6 Å². The molecule has 0 unspecified atom stereocenters. The van der Waals surface area contributed by atoms with Gasteiger partial charge in [-0.2, -0.15) is 0 Å². The van der Waals surface area contributed by atoms with Crippen LogP contribution < -0.4 is 4.74 Å². The number of ether oxygens (including phenoxy) is 1. The van der Waals surface area contributed by atoms with Crippen LogP contribution in [-0.2, 0) is 13.2 Å². The predicted molar refractivity (Wildman–Crippen MR) is 85.3 cm³/mol. The minimum absolute atomic E-state index is 0.303. The van der Waals surface area contributed by atoms with Gasteiger partial charge in [-0.25, -0.2) is 4.79 Å². The number of carbonyl (C=O) groups is 1. The first kappa shape index (κ1) is 14.2. The van der Waals surface area contributed by atoms with Crippen LogP contribution in [0.3, 0.4) is 0 Å². The number of aromatic carboxylic acids is 1. The molecule has 0 atom stereocenters. The van der Waals surface area contributed by atoms with Gasteiger partial charge in [-0.05, 0) is 36.8 Å². The Balaban J connectivity index is 1.88. The van der Waals surface area contributed by atoms with Gasteiger partial charge in [0.2, 0.25) is 0 Å². The highest BCUT2D eigenvalue weighted by Gasteiger charge is 2.13. The average molecular weight is 295 g/mol. The summed E-state index contributed by atoms with van der Waals surface area (Å²) < 4.78 is 7.58. The van der Waals surface area contributed by atoms with Gasteiger partial charge in [-0.1, -0.05) is 30.3 Å². The molecule has 0 aliphatic rings. The zero-order valence-corrected chi connectivity index (χ0v) is 12.3. The maximum absolute atomic E-state index is 11.3. The van der Waals surface area contributed by atoms with Crippen molar-refractivity contribution in [2.75, 3.05) is 0 Å². The van der Waals surface area contributed by atoms with E-state index in [9.17, 15) is 9.90 Å². The first-order valence-electron chi connectivity index (χ1n) is 7.22.